The van der Waals surface area contributed by atoms with Gasteiger partial charge in [0.25, 0.3) is 0 Å². The van der Waals surface area contributed by atoms with E-state index >= 15 is 0 Å². The summed E-state index contributed by atoms with van der Waals surface area (Å²) in [6.45, 7) is 5.18. The van der Waals surface area contributed by atoms with Crippen LogP contribution in [-0.4, -0.2) is 101 Å². The first-order chi connectivity index (χ1) is 23.8. The van der Waals surface area contributed by atoms with Gasteiger partial charge in [0.2, 0.25) is 0 Å². The minimum Gasteiger partial charge on any atom is -0.493 e. The lowest BCUT2D eigenvalue weighted by Gasteiger charge is -2.44. The second-order valence-electron chi connectivity index (χ2n) is 10.9. The molecule has 2 aromatic rings. The van der Waals surface area contributed by atoms with Gasteiger partial charge >= 0.3 is 29.8 Å². The number of hydrogen-bond donors (Lipinski definition) is 0. The van der Waals surface area contributed by atoms with E-state index in [4.69, 9.17) is 52.1 Å². The van der Waals surface area contributed by atoms with Gasteiger partial charge in [0.1, 0.15) is 18.8 Å². The first-order valence-corrected chi connectivity index (χ1v) is 15.4. The highest BCUT2D eigenvalue weighted by atomic mass is 16.7. The molecular formula is C34H42O16. The molecule has 16 heteroatoms. The molecule has 0 saturated carbocycles. The summed E-state index contributed by atoms with van der Waals surface area (Å²) in [7, 11) is 4.12. The number of methoxy groups -OCH3 is 3. The van der Waals surface area contributed by atoms with E-state index in [9.17, 15) is 24.0 Å². The number of rotatable bonds is 16. The minimum atomic E-state index is -1.36. The molecule has 50 heavy (non-hydrogen) atoms. The third-order valence-electron chi connectivity index (χ3n) is 7.08. The summed E-state index contributed by atoms with van der Waals surface area (Å²) in [5, 5.41) is 0. The maximum absolute atomic E-state index is 12.3. The van der Waals surface area contributed by atoms with Crippen LogP contribution in [0.15, 0.2) is 42.5 Å². The SMILES string of the molecule is COc1cc([C@H](OC[C@H]2O[C@H](OC)[C@H](OC(C)=O)[C@@H](OC(C)=O)[C@H]2OC(C)=O)[C@H](COC(C)=O)Oc2ccccc2OC)ccc1OC(C)=O. The standard InChI is InChI=1S/C34H42O16/c1-18(35)43-16-28(49-25-12-10-9-11-24(25)40-6)30(23-13-14-26(45-19(2)36)27(15-23)41-7)44-17-29-31(46-20(3)37)32(47-21(4)38)33(48-22(5)39)34(42-8)50-29/h9-15,28-34H,16-17H2,1-8H3/t28-,29+,30-,31-,32-,33+,34-/m0/s1. The van der Waals surface area contributed by atoms with Crippen molar-refractivity contribution in [3.05, 3.63) is 48.0 Å². The first kappa shape index (κ1) is 39.5. The Kier molecular flexibility index (Phi) is 14.8. The number of benzene rings is 2. The fraction of sp³-hybridized carbons (Fsp3) is 0.500. The molecule has 1 fully saturated rings. The molecule has 7 atom stereocenters. The van der Waals surface area contributed by atoms with Crippen molar-refractivity contribution in [2.75, 3.05) is 34.5 Å². The van der Waals surface area contributed by atoms with E-state index in [2.05, 4.69) is 0 Å². The van der Waals surface area contributed by atoms with Crippen molar-refractivity contribution in [3.8, 4) is 23.0 Å². The van der Waals surface area contributed by atoms with Crippen molar-refractivity contribution in [3.63, 3.8) is 0 Å². The van der Waals surface area contributed by atoms with Crippen molar-refractivity contribution >= 4 is 29.8 Å². The Labute approximate surface area is 289 Å². The second kappa shape index (κ2) is 18.7. The lowest BCUT2D eigenvalue weighted by atomic mass is 9.97. The molecule has 2 aromatic carbocycles. The Balaban J connectivity index is 2.12. The number of ether oxygens (including phenoxy) is 11. The molecule has 1 aliphatic rings. The van der Waals surface area contributed by atoms with Crippen LogP contribution in [0.1, 0.15) is 46.3 Å². The Morgan fingerprint density at radius 2 is 1.28 bits per heavy atom. The smallest absolute Gasteiger partial charge is 0.308 e. The summed E-state index contributed by atoms with van der Waals surface area (Å²) in [5.74, 6) is -2.48. The number of carbonyl (C=O) groups excluding carboxylic acids is 5. The maximum Gasteiger partial charge on any atom is 0.308 e. The monoisotopic (exact) mass is 706 g/mol. The van der Waals surface area contributed by atoms with Crippen LogP contribution in [0, 0.1) is 0 Å². The van der Waals surface area contributed by atoms with Crippen LogP contribution in [0.2, 0.25) is 0 Å². The molecule has 0 aromatic heterocycles. The van der Waals surface area contributed by atoms with Gasteiger partial charge in [-0.25, -0.2) is 0 Å². The summed E-state index contributed by atoms with van der Waals surface area (Å²) in [6.07, 6.45) is -8.70. The van der Waals surface area contributed by atoms with Crippen LogP contribution in [0.4, 0.5) is 0 Å². The van der Waals surface area contributed by atoms with Gasteiger partial charge in [-0.15, -0.1) is 0 Å². The number of carbonyl (C=O) groups is 5. The highest BCUT2D eigenvalue weighted by molar-refractivity contribution is 5.70. The van der Waals surface area contributed by atoms with E-state index in [0.717, 1.165) is 20.8 Å². The van der Waals surface area contributed by atoms with Gasteiger partial charge in [-0.2, -0.15) is 0 Å². The van der Waals surface area contributed by atoms with E-state index < -0.39 is 72.8 Å². The zero-order valence-electron chi connectivity index (χ0n) is 29.0. The largest absolute Gasteiger partial charge is 0.493 e. The van der Waals surface area contributed by atoms with Crippen molar-refractivity contribution in [1.82, 2.24) is 0 Å². The Bertz CT molecular complexity index is 1490. The Morgan fingerprint density at radius 1 is 0.680 bits per heavy atom. The molecule has 0 aliphatic carbocycles. The maximum atomic E-state index is 12.3. The molecule has 0 N–H and O–H groups in total. The predicted molar refractivity (Wildman–Crippen MR) is 169 cm³/mol. The lowest BCUT2D eigenvalue weighted by Crippen LogP contribution is -2.62. The van der Waals surface area contributed by atoms with Crippen LogP contribution in [0.25, 0.3) is 0 Å². The van der Waals surface area contributed by atoms with Crippen molar-refractivity contribution in [2.24, 2.45) is 0 Å². The third-order valence-corrected chi connectivity index (χ3v) is 7.08. The summed E-state index contributed by atoms with van der Waals surface area (Å²) < 4.78 is 62.4. The second-order valence-corrected chi connectivity index (χ2v) is 10.9. The average Bonchev–Trinajstić information content (AvgIpc) is 3.05. The highest BCUT2D eigenvalue weighted by Crippen LogP contribution is 2.37. The molecule has 0 unspecified atom stereocenters. The fourth-order valence-electron chi connectivity index (χ4n) is 5.16. The lowest BCUT2D eigenvalue weighted by molar-refractivity contribution is -0.305. The van der Waals surface area contributed by atoms with Gasteiger partial charge in [0.05, 0.1) is 20.8 Å². The molecule has 1 saturated heterocycles. The molecule has 0 radical (unpaired) electrons. The van der Waals surface area contributed by atoms with Crippen LogP contribution in [0.3, 0.4) is 0 Å². The molecule has 274 valence electrons. The molecule has 1 heterocycles. The quantitative estimate of drug-likeness (QED) is 0.141. The van der Waals surface area contributed by atoms with E-state index in [1.807, 2.05) is 0 Å². The van der Waals surface area contributed by atoms with Crippen molar-refractivity contribution in [1.29, 1.82) is 0 Å². The topological polar surface area (TPSA) is 187 Å². The zero-order valence-corrected chi connectivity index (χ0v) is 29.0. The van der Waals surface area contributed by atoms with Crippen LogP contribution < -0.4 is 18.9 Å². The summed E-state index contributed by atoms with van der Waals surface area (Å²) in [5.41, 5.74) is 0.405. The van der Waals surface area contributed by atoms with Crippen molar-refractivity contribution < 1.29 is 76.1 Å². The average molecular weight is 707 g/mol. The first-order valence-electron chi connectivity index (χ1n) is 15.4. The van der Waals surface area contributed by atoms with E-state index in [1.54, 1.807) is 30.3 Å². The Hall–Kier alpha value is -4.93. The van der Waals surface area contributed by atoms with Crippen LogP contribution in [-0.2, 0) is 57.1 Å². The highest BCUT2D eigenvalue weighted by Gasteiger charge is 2.52. The van der Waals surface area contributed by atoms with E-state index in [-0.39, 0.29) is 30.5 Å². The number of esters is 5. The van der Waals surface area contributed by atoms with Crippen molar-refractivity contribution in [2.45, 2.75) is 77.5 Å². The number of para-hydroxylation sites is 2. The summed E-state index contributed by atoms with van der Waals surface area (Å²) in [4.78, 5) is 60.2. The van der Waals surface area contributed by atoms with Gasteiger partial charge in [-0.05, 0) is 29.8 Å². The molecular weight excluding hydrogens is 664 g/mol. The fourth-order valence-corrected chi connectivity index (χ4v) is 5.16. The van der Waals surface area contributed by atoms with Crippen LogP contribution >= 0.6 is 0 Å². The van der Waals surface area contributed by atoms with Gasteiger partial charge < -0.3 is 52.1 Å². The van der Waals surface area contributed by atoms with E-state index in [1.165, 1.54) is 47.3 Å². The molecule has 0 bridgehead atoms. The molecule has 0 spiro atoms. The summed E-state index contributed by atoms with van der Waals surface area (Å²) in [6, 6.07) is 11.4. The number of hydrogen-bond acceptors (Lipinski definition) is 16. The molecule has 0 amide bonds. The predicted octanol–water partition coefficient (Wildman–Crippen LogP) is 2.86. The van der Waals surface area contributed by atoms with Gasteiger partial charge in [-0.1, -0.05) is 18.2 Å². The third kappa shape index (κ3) is 11.0. The van der Waals surface area contributed by atoms with Gasteiger partial charge in [0, 0.05) is 41.7 Å². The molecule has 1 aliphatic heterocycles. The van der Waals surface area contributed by atoms with Crippen LogP contribution in [0.5, 0.6) is 23.0 Å². The zero-order chi connectivity index (χ0) is 37.0. The minimum absolute atomic E-state index is 0.124. The molecule has 16 nitrogen and oxygen atoms in total. The summed E-state index contributed by atoms with van der Waals surface area (Å²) >= 11 is 0. The Morgan fingerprint density at radius 3 is 1.84 bits per heavy atom. The normalized spacial score (nSPS) is 21.1. The van der Waals surface area contributed by atoms with Gasteiger partial charge in [-0.3, -0.25) is 24.0 Å². The molecule has 3 rings (SSSR count). The van der Waals surface area contributed by atoms with Gasteiger partial charge in [0.15, 0.2) is 53.7 Å². The van der Waals surface area contributed by atoms with E-state index in [0.29, 0.717) is 11.3 Å².